The Kier molecular flexibility index (Phi) is 7.11. The number of nitrogens with zero attached hydrogens (tertiary/aromatic N) is 1. The van der Waals surface area contributed by atoms with Crippen molar-refractivity contribution in [3.8, 4) is 5.75 Å². The van der Waals surface area contributed by atoms with E-state index in [1.807, 2.05) is 66.4 Å². The van der Waals surface area contributed by atoms with E-state index in [4.69, 9.17) is 4.74 Å². The number of anilines is 1. The van der Waals surface area contributed by atoms with Gasteiger partial charge in [-0.3, -0.25) is 4.79 Å². The lowest BCUT2D eigenvalue weighted by Crippen LogP contribution is -2.44. The summed E-state index contributed by atoms with van der Waals surface area (Å²) < 4.78 is 5.15. The predicted octanol–water partition coefficient (Wildman–Crippen LogP) is 3.89. The van der Waals surface area contributed by atoms with Gasteiger partial charge in [0, 0.05) is 31.2 Å². The fourth-order valence-corrected chi connectivity index (χ4v) is 3.63. The van der Waals surface area contributed by atoms with Crippen LogP contribution in [0.4, 0.5) is 10.5 Å². The van der Waals surface area contributed by atoms with Crippen molar-refractivity contribution < 1.29 is 14.3 Å². The molecule has 0 aliphatic carbocycles. The molecule has 2 aromatic carbocycles. The molecular formula is C23H29N3O3. The van der Waals surface area contributed by atoms with Gasteiger partial charge in [0.05, 0.1) is 7.11 Å². The summed E-state index contributed by atoms with van der Waals surface area (Å²) in [5.41, 5.74) is 1.84. The van der Waals surface area contributed by atoms with Crippen molar-refractivity contribution in [2.75, 3.05) is 25.5 Å². The lowest BCUT2D eigenvalue weighted by Gasteiger charge is -2.34. The minimum Gasteiger partial charge on any atom is -0.497 e. The van der Waals surface area contributed by atoms with Crippen LogP contribution in [0.5, 0.6) is 5.75 Å². The highest BCUT2D eigenvalue weighted by atomic mass is 16.5. The summed E-state index contributed by atoms with van der Waals surface area (Å²) in [6.07, 6.45) is 1.67. The fourth-order valence-electron chi connectivity index (χ4n) is 3.63. The number of methoxy groups -OCH3 is 1. The number of carbonyl (C=O) groups excluding carboxylic acids is 2. The molecule has 6 heteroatoms. The van der Waals surface area contributed by atoms with Gasteiger partial charge in [-0.2, -0.15) is 0 Å². The van der Waals surface area contributed by atoms with Gasteiger partial charge < -0.3 is 20.3 Å². The monoisotopic (exact) mass is 395 g/mol. The zero-order valence-electron chi connectivity index (χ0n) is 17.1. The summed E-state index contributed by atoms with van der Waals surface area (Å²) in [6, 6.07) is 17.1. The highest BCUT2D eigenvalue weighted by molar-refractivity contribution is 5.89. The normalized spacial score (nSPS) is 15.4. The molecule has 2 N–H and O–H groups in total. The van der Waals surface area contributed by atoms with Gasteiger partial charge in [-0.1, -0.05) is 37.3 Å². The predicted molar refractivity (Wildman–Crippen MR) is 114 cm³/mol. The molecule has 1 fully saturated rings. The molecule has 2 aromatic rings. The molecule has 0 saturated carbocycles. The highest BCUT2D eigenvalue weighted by Crippen LogP contribution is 2.25. The zero-order chi connectivity index (χ0) is 20.6. The molecular weight excluding hydrogens is 366 g/mol. The largest absolute Gasteiger partial charge is 0.497 e. The van der Waals surface area contributed by atoms with Crippen molar-refractivity contribution in [2.45, 2.75) is 26.3 Å². The van der Waals surface area contributed by atoms with Crippen molar-refractivity contribution >= 4 is 17.6 Å². The van der Waals surface area contributed by atoms with Crippen LogP contribution in [0.1, 0.15) is 25.3 Å². The van der Waals surface area contributed by atoms with Crippen molar-refractivity contribution in [1.29, 1.82) is 0 Å². The van der Waals surface area contributed by atoms with Gasteiger partial charge in [0.1, 0.15) is 5.75 Å². The number of hydrogen-bond donors (Lipinski definition) is 2. The summed E-state index contributed by atoms with van der Waals surface area (Å²) in [4.78, 5) is 26.8. The number of para-hydroxylation sites is 1. The van der Waals surface area contributed by atoms with E-state index in [0.29, 0.717) is 19.6 Å². The van der Waals surface area contributed by atoms with Gasteiger partial charge >= 0.3 is 6.03 Å². The molecule has 1 atom stereocenters. The van der Waals surface area contributed by atoms with E-state index in [2.05, 4.69) is 10.6 Å². The number of amides is 3. The first-order valence-corrected chi connectivity index (χ1v) is 10.1. The second-order valence-corrected chi connectivity index (χ2v) is 7.48. The number of nitrogens with one attached hydrogen (secondary N) is 2. The Bertz CT molecular complexity index is 800. The van der Waals surface area contributed by atoms with Crippen LogP contribution in [0, 0.1) is 11.8 Å². The average molecular weight is 396 g/mol. The summed E-state index contributed by atoms with van der Waals surface area (Å²) in [5, 5.41) is 5.95. The molecule has 29 heavy (non-hydrogen) atoms. The molecule has 1 aliphatic rings. The molecule has 1 heterocycles. The Hall–Kier alpha value is -3.02. The van der Waals surface area contributed by atoms with Crippen LogP contribution >= 0.6 is 0 Å². The number of piperidine rings is 1. The van der Waals surface area contributed by atoms with Crippen molar-refractivity contribution in [3.63, 3.8) is 0 Å². The lowest BCUT2D eigenvalue weighted by molar-refractivity contribution is -0.126. The van der Waals surface area contributed by atoms with Crippen molar-refractivity contribution in [1.82, 2.24) is 10.2 Å². The molecule has 0 bridgehead atoms. The maximum atomic E-state index is 12.6. The van der Waals surface area contributed by atoms with Crippen LogP contribution in [-0.2, 0) is 11.3 Å². The van der Waals surface area contributed by atoms with Crippen LogP contribution in [0.3, 0.4) is 0 Å². The van der Waals surface area contributed by atoms with Gasteiger partial charge in [-0.25, -0.2) is 4.79 Å². The topological polar surface area (TPSA) is 70.7 Å². The summed E-state index contributed by atoms with van der Waals surface area (Å²) in [6.45, 7) is 3.82. The zero-order valence-corrected chi connectivity index (χ0v) is 17.1. The van der Waals surface area contributed by atoms with Gasteiger partial charge in [-0.05, 0) is 48.6 Å². The number of hydrogen-bond acceptors (Lipinski definition) is 3. The van der Waals surface area contributed by atoms with E-state index in [1.54, 1.807) is 7.11 Å². The quantitative estimate of drug-likeness (QED) is 0.779. The minimum atomic E-state index is -0.0775. The number of ether oxygens (including phenoxy) is 1. The third-order valence-corrected chi connectivity index (χ3v) is 5.60. The smallest absolute Gasteiger partial charge is 0.321 e. The number of rotatable bonds is 6. The molecule has 154 valence electrons. The van der Waals surface area contributed by atoms with Crippen LogP contribution in [-0.4, -0.2) is 37.0 Å². The van der Waals surface area contributed by atoms with Crippen LogP contribution < -0.4 is 15.4 Å². The van der Waals surface area contributed by atoms with Gasteiger partial charge in [0.25, 0.3) is 0 Å². The highest BCUT2D eigenvalue weighted by Gasteiger charge is 2.29. The number of urea groups is 1. The third-order valence-electron chi connectivity index (χ3n) is 5.60. The Labute approximate surface area is 172 Å². The van der Waals surface area contributed by atoms with Gasteiger partial charge in [0.2, 0.25) is 5.91 Å². The van der Waals surface area contributed by atoms with Crippen LogP contribution in [0.25, 0.3) is 0 Å². The molecule has 0 spiro atoms. The standard InChI is InChI=1S/C23H29N3O3/c1-17(22(27)24-16-18-8-10-21(29-2)11-9-18)19-12-14-26(15-13-19)23(28)25-20-6-4-3-5-7-20/h3-11,17,19H,12-16H2,1-2H3,(H,24,27)(H,25,28)/t17-/m0/s1. The van der Waals surface area contributed by atoms with Gasteiger partial charge in [-0.15, -0.1) is 0 Å². The van der Waals surface area contributed by atoms with Crippen molar-refractivity contribution in [2.24, 2.45) is 11.8 Å². The first-order valence-electron chi connectivity index (χ1n) is 10.1. The molecule has 0 unspecified atom stereocenters. The Morgan fingerprint density at radius 3 is 2.34 bits per heavy atom. The Morgan fingerprint density at radius 2 is 1.72 bits per heavy atom. The van der Waals surface area contributed by atoms with E-state index < -0.39 is 0 Å². The van der Waals surface area contributed by atoms with Crippen molar-refractivity contribution in [3.05, 3.63) is 60.2 Å². The molecule has 0 radical (unpaired) electrons. The maximum absolute atomic E-state index is 12.6. The summed E-state index contributed by atoms with van der Waals surface area (Å²) in [5.74, 6) is 1.07. The first kappa shape index (κ1) is 20.7. The maximum Gasteiger partial charge on any atom is 0.321 e. The number of carbonyl (C=O) groups is 2. The SMILES string of the molecule is COc1ccc(CNC(=O)[C@@H](C)C2CCN(C(=O)Nc3ccccc3)CC2)cc1. The van der Waals surface area contributed by atoms with E-state index in [1.165, 1.54) is 0 Å². The molecule has 3 amide bonds. The second-order valence-electron chi connectivity index (χ2n) is 7.48. The third kappa shape index (κ3) is 5.73. The number of benzene rings is 2. The van der Waals surface area contributed by atoms with Crippen LogP contribution in [0.15, 0.2) is 54.6 Å². The molecule has 6 nitrogen and oxygen atoms in total. The van der Waals surface area contributed by atoms with Crippen LogP contribution in [0.2, 0.25) is 0 Å². The van der Waals surface area contributed by atoms with E-state index >= 15 is 0 Å². The molecule has 0 aromatic heterocycles. The van der Waals surface area contributed by atoms with E-state index in [-0.39, 0.29) is 23.8 Å². The second kappa shape index (κ2) is 9.96. The molecule has 1 saturated heterocycles. The average Bonchev–Trinajstić information content (AvgIpc) is 2.78. The molecule has 1 aliphatic heterocycles. The number of likely N-dealkylation sites (tertiary alicyclic amines) is 1. The summed E-state index contributed by atoms with van der Waals surface area (Å²) >= 11 is 0. The first-order chi connectivity index (χ1) is 14.1. The Balaban J connectivity index is 1.43. The lowest BCUT2D eigenvalue weighted by atomic mass is 9.85. The van der Waals surface area contributed by atoms with E-state index in [0.717, 1.165) is 29.8 Å². The Morgan fingerprint density at radius 1 is 1.07 bits per heavy atom. The minimum absolute atomic E-state index is 0.0630. The summed E-state index contributed by atoms with van der Waals surface area (Å²) in [7, 11) is 1.63. The molecule has 3 rings (SSSR count). The van der Waals surface area contributed by atoms with E-state index in [9.17, 15) is 9.59 Å². The van der Waals surface area contributed by atoms with Gasteiger partial charge in [0.15, 0.2) is 0 Å². The fraction of sp³-hybridized carbons (Fsp3) is 0.391.